The number of benzene rings is 2. The van der Waals surface area contributed by atoms with Gasteiger partial charge >= 0.3 is 0 Å². The van der Waals surface area contributed by atoms with Gasteiger partial charge in [0.1, 0.15) is 6.29 Å². The first kappa shape index (κ1) is 16.1. The van der Waals surface area contributed by atoms with Crippen molar-refractivity contribution in [3.05, 3.63) is 59.2 Å². The Balaban J connectivity index is 2.36. The third-order valence-electron chi connectivity index (χ3n) is 3.96. The molecule has 0 aliphatic heterocycles. The lowest BCUT2D eigenvalue weighted by molar-refractivity contribution is -0.112. The van der Waals surface area contributed by atoms with Gasteiger partial charge in [0.2, 0.25) is 0 Å². The highest BCUT2D eigenvalue weighted by Crippen LogP contribution is 2.32. The van der Waals surface area contributed by atoms with E-state index in [-0.39, 0.29) is 0 Å². The molecule has 0 amide bonds. The third-order valence-corrected chi connectivity index (χ3v) is 3.96. The predicted octanol–water partition coefficient (Wildman–Crippen LogP) is 3.71. The lowest BCUT2D eigenvalue weighted by atomic mass is 9.78. The summed E-state index contributed by atoms with van der Waals surface area (Å²) in [7, 11) is 3.22. The largest absolute Gasteiger partial charge is 0.493 e. The van der Waals surface area contributed by atoms with Gasteiger partial charge in [-0.25, -0.2) is 0 Å². The standard InChI is InChI=1S/C19H22O3/c1-14-6-5-7-16(10-14)19(2,13-20)12-15-8-9-17(21-3)18(11-15)22-4/h5-11,13H,12H2,1-4H3. The molecule has 116 valence electrons. The minimum absolute atomic E-state index is 0.564. The highest BCUT2D eigenvalue weighted by atomic mass is 16.5. The number of carbonyl (C=O) groups is 1. The van der Waals surface area contributed by atoms with Crippen molar-refractivity contribution in [1.29, 1.82) is 0 Å². The molecule has 1 atom stereocenters. The Morgan fingerprint density at radius 3 is 2.36 bits per heavy atom. The second-order valence-corrected chi connectivity index (χ2v) is 5.77. The van der Waals surface area contributed by atoms with Crippen LogP contribution >= 0.6 is 0 Å². The minimum atomic E-state index is -0.564. The van der Waals surface area contributed by atoms with Gasteiger partial charge in [0.25, 0.3) is 0 Å². The molecule has 2 aromatic rings. The molecule has 0 saturated carbocycles. The van der Waals surface area contributed by atoms with Gasteiger partial charge in [-0.05, 0) is 43.5 Å². The van der Waals surface area contributed by atoms with Crippen LogP contribution in [0.5, 0.6) is 11.5 Å². The van der Waals surface area contributed by atoms with Crippen LogP contribution in [-0.4, -0.2) is 20.5 Å². The monoisotopic (exact) mass is 298 g/mol. The van der Waals surface area contributed by atoms with E-state index in [9.17, 15) is 4.79 Å². The Hall–Kier alpha value is -2.29. The van der Waals surface area contributed by atoms with Crippen molar-refractivity contribution in [2.75, 3.05) is 14.2 Å². The Morgan fingerprint density at radius 1 is 1.05 bits per heavy atom. The van der Waals surface area contributed by atoms with Crippen LogP contribution in [0, 0.1) is 6.92 Å². The fraction of sp³-hybridized carbons (Fsp3) is 0.316. The Kier molecular flexibility index (Phi) is 4.86. The van der Waals surface area contributed by atoms with E-state index in [4.69, 9.17) is 9.47 Å². The SMILES string of the molecule is COc1ccc(CC(C)(C=O)c2cccc(C)c2)cc1OC. The van der Waals surface area contributed by atoms with Gasteiger partial charge in [0.15, 0.2) is 11.5 Å². The van der Waals surface area contributed by atoms with Gasteiger partial charge in [-0.2, -0.15) is 0 Å². The van der Waals surface area contributed by atoms with Crippen molar-refractivity contribution in [2.45, 2.75) is 25.7 Å². The smallest absolute Gasteiger partial charge is 0.160 e. The summed E-state index contributed by atoms with van der Waals surface area (Å²) in [5.41, 5.74) is 2.65. The molecule has 22 heavy (non-hydrogen) atoms. The number of carbonyl (C=O) groups excluding carboxylic acids is 1. The number of rotatable bonds is 6. The highest BCUT2D eigenvalue weighted by molar-refractivity contribution is 5.69. The third kappa shape index (κ3) is 3.30. The van der Waals surface area contributed by atoms with E-state index in [1.807, 2.05) is 50.2 Å². The van der Waals surface area contributed by atoms with Crippen LogP contribution in [0.15, 0.2) is 42.5 Å². The lowest BCUT2D eigenvalue weighted by Gasteiger charge is -2.24. The second kappa shape index (κ2) is 6.65. The molecule has 0 saturated heterocycles. The van der Waals surface area contributed by atoms with Crippen LogP contribution in [0.3, 0.4) is 0 Å². The zero-order valence-electron chi connectivity index (χ0n) is 13.6. The molecule has 1 unspecified atom stereocenters. The normalized spacial score (nSPS) is 13.3. The van der Waals surface area contributed by atoms with Crippen molar-refractivity contribution in [2.24, 2.45) is 0 Å². The summed E-state index contributed by atoms with van der Waals surface area (Å²) >= 11 is 0. The maximum Gasteiger partial charge on any atom is 0.160 e. The summed E-state index contributed by atoms with van der Waals surface area (Å²) in [6.45, 7) is 4.00. The summed E-state index contributed by atoms with van der Waals surface area (Å²) in [6.07, 6.45) is 1.64. The molecule has 0 radical (unpaired) electrons. The first-order chi connectivity index (χ1) is 10.5. The van der Waals surface area contributed by atoms with Crippen molar-refractivity contribution in [3.8, 4) is 11.5 Å². The second-order valence-electron chi connectivity index (χ2n) is 5.77. The fourth-order valence-corrected chi connectivity index (χ4v) is 2.63. The van der Waals surface area contributed by atoms with Gasteiger partial charge in [-0.1, -0.05) is 35.9 Å². The average molecular weight is 298 g/mol. The van der Waals surface area contributed by atoms with E-state index in [0.29, 0.717) is 17.9 Å². The molecule has 0 aliphatic carbocycles. The summed E-state index contributed by atoms with van der Waals surface area (Å²) in [5.74, 6) is 1.37. The molecular weight excluding hydrogens is 276 g/mol. The topological polar surface area (TPSA) is 35.5 Å². The molecule has 0 bridgehead atoms. The van der Waals surface area contributed by atoms with E-state index in [0.717, 1.165) is 23.0 Å². The molecule has 0 aromatic heterocycles. The summed E-state index contributed by atoms with van der Waals surface area (Å²) < 4.78 is 10.6. The van der Waals surface area contributed by atoms with Crippen molar-refractivity contribution in [3.63, 3.8) is 0 Å². The van der Waals surface area contributed by atoms with Crippen LogP contribution in [0.4, 0.5) is 0 Å². The summed E-state index contributed by atoms with van der Waals surface area (Å²) in [5, 5.41) is 0. The molecule has 0 fully saturated rings. The number of aldehydes is 1. The fourth-order valence-electron chi connectivity index (χ4n) is 2.63. The first-order valence-electron chi connectivity index (χ1n) is 7.27. The molecule has 0 spiro atoms. The molecule has 3 heteroatoms. The van der Waals surface area contributed by atoms with E-state index in [1.54, 1.807) is 14.2 Å². The van der Waals surface area contributed by atoms with E-state index < -0.39 is 5.41 Å². The number of hydrogen-bond acceptors (Lipinski definition) is 3. The van der Waals surface area contributed by atoms with Gasteiger partial charge in [0, 0.05) is 0 Å². The Bertz CT molecular complexity index is 663. The van der Waals surface area contributed by atoms with Gasteiger partial charge in [0.05, 0.1) is 19.6 Å². The van der Waals surface area contributed by atoms with Crippen molar-refractivity contribution in [1.82, 2.24) is 0 Å². The minimum Gasteiger partial charge on any atom is -0.493 e. The average Bonchev–Trinajstić information content (AvgIpc) is 2.54. The molecule has 0 heterocycles. The van der Waals surface area contributed by atoms with Crippen LogP contribution in [0.2, 0.25) is 0 Å². The zero-order chi connectivity index (χ0) is 16.2. The lowest BCUT2D eigenvalue weighted by Crippen LogP contribution is -2.27. The van der Waals surface area contributed by atoms with Gasteiger partial charge < -0.3 is 14.3 Å². The van der Waals surface area contributed by atoms with Crippen LogP contribution in [0.25, 0.3) is 0 Å². The summed E-state index contributed by atoms with van der Waals surface area (Å²) in [4.78, 5) is 11.8. The molecule has 2 aromatic carbocycles. The predicted molar refractivity (Wildman–Crippen MR) is 87.8 cm³/mol. The van der Waals surface area contributed by atoms with Crippen LogP contribution in [0.1, 0.15) is 23.6 Å². The van der Waals surface area contributed by atoms with E-state index >= 15 is 0 Å². The molecule has 0 N–H and O–H groups in total. The number of methoxy groups -OCH3 is 2. The van der Waals surface area contributed by atoms with Gasteiger partial charge in [-0.15, -0.1) is 0 Å². The molecular formula is C19H22O3. The maximum absolute atomic E-state index is 11.8. The number of hydrogen-bond donors (Lipinski definition) is 0. The van der Waals surface area contributed by atoms with Crippen LogP contribution < -0.4 is 9.47 Å². The highest BCUT2D eigenvalue weighted by Gasteiger charge is 2.27. The molecule has 0 aliphatic rings. The Labute approximate surface area is 131 Å². The molecule has 3 nitrogen and oxygen atoms in total. The first-order valence-corrected chi connectivity index (χ1v) is 7.27. The van der Waals surface area contributed by atoms with E-state index in [1.165, 1.54) is 0 Å². The maximum atomic E-state index is 11.8. The van der Waals surface area contributed by atoms with Crippen molar-refractivity contribution >= 4 is 6.29 Å². The number of aryl methyl sites for hydroxylation is 1. The van der Waals surface area contributed by atoms with Crippen LogP contribution in [-0.2, 0) is 16.6 Å². The van der Waals surface area contributed by atoms with E-state index in [2.05, 4.69) is 6.07 Å². The van der Waals surface area contributed by atoms with Gasteiger partial charge in [-0.3, -0.25) is 0 Å². The summed E-state index contributed by atoms with van der Waals surface area (Å²) in [6, 6.07) is 13.9. The quantitative estimate of drug-likeness (QED) is 0.763. The number of ether oxygens (including phenoxy) is 2. The molecule has 2 rings (SSSR count). The Morgan fingerprint density at radius 2 is 1.77 bits per heavy atom. The zero-order valence-corrected chi connectivity index (χ0v) is 13.6. The van der Waals surface area contributed by atoms with Crippen molar-refractivity contribution < 1.29 is 14.3 Å².